The van der Waals surface area contributed by atoms with Gasteiger partial charge in [-0.3, -0.25) is 0 Å². The van der Waals surface area contributed by atoms with Crippen LogP contribution in [-0.2, 0) is 0 Å². The molecule has 5 heteroatoms. The van der Waals surface area contributed by atoms with Gasteiger partial charge in [-0.15, -0.1) is 0 Å². The predicted molar refractivity (Wildman–Crippen MR) is 96.9 cm³/mol. The van der Waals surface area contributed by atoms with Crippen LogP contribution in [0.2, 0.25) is 0 Å². The molecule has 0 spiro atoms. The van der Waals surface area contributed by atoms with E-state index in [1.165, 1.54) is 5.56 Å². The topological polar surface area (TPSA) is 51.4 Å². The third-order valence-corrected chi connectivity index (χ3v) is 4.80. The molecule has 0 amide bonds. The van der Waals surface area contributed by atoms with Crippen LogP contribution in [-0.4, -0.2) is 30.3 Å². The van der Waals surface area contributed by atoms with Gasteiger partial charge < -0.3 is 14.2 Å². The summed E-state index contributed by atoms with van der Waals surface area (Å²) in [7, 11) is 1.65. The van der Waals surface area contributed by atoms with Gasteiger partial charge in [0.25, 0.3) is 0 Å². The number of aromatic nitrogens is 2. The van der Waals surface area contributed by atoms with E-state index in [0.717, 1.165) is 37.2 Å². The van der Waals surface area contributed by atoms with E-state index >= 15 is 0 Å². The molecular formula is C20H21N3O2. The number of ether oxygens (including phenoxy) is 1. The number of anilines is 1. The van der Waals surface area contributed by atoms with Crippen molar-refractivity contribution < 1.29 is 9.26 Å². The molecule has 1 fully saturated rings. The summed E-state index contributed by atoms with van der Waals surface area (Å²) in [5, 5.41) is 4.13. The zero-order chi connectivity index (χ0) is 17.1. The maximum atomic E-state index is 5.49. The molecule has 1 aromatic heterocycles. The van der Waals surface area contributed by atoms with Gasteiger partial charge in [-0.1, -0.05) is 35.5 Å². The fraction of sp³-hybridized carbons (Fsp3) is 0.300. The van der Waals surface area contributed by atoms with Crippen molar-refractivity contribution in [3.63, 3.8) is 0 Å². The van der Waals surface area contributed by atoms with Gasteiger partial charge >= 0.3 is 6.01 Å². The smallest absolute Gasteiger partial charge is 0.324 e. The third-order valence-electron chi connectivity index (χ3n) is 4.80. The molecule has 128 valence electrons. The summed E-state index contributed by atoms with van der Waals surface area (Å²) in [6, 6.07) is 19.0. The minimum absolute atomic E-state index is 0.609. The van der Waals surface area contributed by atoms with E-state index in [1.54, 1.807) is 7.11 Å². The molecule has 1 aliphatic rings. The SMILES string of the molecule is COc1ccc(-c2noc(N3CCC(c4ccccc4)CC3)n2)cc1. The number of hydrogen-bond acceptors (Lipinski definition) is 5. The Morgan fingerprint density at radius 2 is 1.72 bits per heavy atom. The molecule has 4 rings (SSSR count). The lowest BCUT2D eigenvalue weighted by molar-refractivity contribution is 0.394. The number of benzene rings is 2. The zero-order valence-corrected chi connectivity index (χ0v) is 14.3. The average molecular weight is 335 g/mol. The Hall–Kier alpha value is -2.82. The number of nitrogens with zero attached hydrogens (tertiary/aromatic N) is 3. The number of piperidine rings is 1. The van der Waals surface area contributed by atoms with Crippen molar-refractivity contribution in [1.29, 1.82) is 0 Å². The lowest BCUT2D eigenvalue weighted by Gasteiger charge is -2.30. The summed E-state index contributed by atoms with van der Waals surface area (Å²) in [4.78, 5) is 6.74. The third kappa shape index (κ3) is 3.36. The first kappa shape index (κ1) is 15.7. The Labute approximate surface area is 147 Å². The first-order valence-corrected chi connectivity index (χ1v) is 8.61. The number of rotatable bonds is 4. The van der Waals surface area contributed by atoms with Crippen LogP contribution in [0.25, 0.3) is 11.4 Å². The minimum atomic E-state index is 0.609. The van der Waals surface area contributed by atoms with Crippen molar-refractivity contribution in [3.05, 3.63) is 60.2 Å². The Kier molecular flexibility index (Phi) is 4.37. The summed E-state index contributed by atoms with van der Waals surface area (Å²) >= 11 is 0. The summed E-state index contributed by atoms with van der Waals surface area (Å²) in [5.41, 5.74) is 2.35. The maximum absolute atomic E-state index is 5.49. The Morgan fingerprint density at radius 1 is 1.00 bits per heavy atom. The van der Waals surface area contributed by atoms with Gasteiger partial charge in [0.05, 0.1) is 7.11 Å². The zero-order valence-electron chi connectivity index (χ0n) is 14.3. The van der Waals surface area contributed by atoms with E-state index in [-0.39, 0.29) is 0 Å². The lowest BCUT2D eigenvalue weighted by Crippen LogP contribution is -2.33. The molecule has 25 heavy (non-hydrogen) atoms. The summed E-state index contributed by atoms with van der Waals surface area (Å²) in [5.74, 6) is 2.04. The van der Waals surface area contributed by atoms with Crippen molar-refractivity contribution in [3.8, 4) is 17.1 Å². The fourth-order valence-electron chi connectivity index (χ4n) is 3.33. The van der Waals surface area contributed by atoms with Gasteiger partial charge in [0, 0.05) is 18.7 Å². The van der Waals surface area contributed by atoms with Gasteiger partial charge in [0.15, 0.2) is 0 Å². The molecule has 3 aromatic rings. The van der Waals surface area contributed by atoms with Gasteiger partial charge in [-0.25, -0.2) is 0 Å². The highest BCUT2D eigenvalue weighted by Gasteiger charge is 2.24. The average Bonchev–Trinajstić information content (AvgIpc) is 3.19. The number of methoxy groups -OCH3 is 1. The van der Waals surface area contributed by atoms with Crippen LogP contribution in [0.15, 0.2) is 59.1 Å². The molecular weight excluding hydrogens is 314 g/mol. The quantitative estimate of drug-likeness (QED) is 0.717. The normalized spacial score (nSPS) is 15.3. The Morgan fingerprint density at radius 3 is 2.40 bits per heavy atom. The molecule has 1 saturated heterocycles. The molecule has 0 radical (unpaired) electrons. The second-order valence-corrected chi connectivity index (χ2v) is 6.30. The van der Waals surface area contributed by atoms with Gasteiger partial charge in [0.1, 0.15) is 5.75 Å². The van der Waals surface area contributed by atoms with E-state index in [1.807, 2.05) is 24.3 Å². The molecule has 0 atom stereocenters. The van der Waals surface area contributed by atoms with E-state index in [9.17, 15) is 0 Å². The summed E-state index contributed by atoms with van der Waals surface area (Å²) in [6.45, 7) is 1.87. The van der Waals surface area contributed by atoms with Crippen molar-refractivity contribution in [2.75, 3.05) is 25.1 Å². The van der Waals surface area contributed by atoms with Gasteiger partial charge in [0.2, 0.25) is 5.82 Å². The molecule has 0 bridgehead atoms. The van der Waals surface area contributed by atoms with Crippen LogP contribution >= 0.6 is 0 Å². The molecule has 2 aromatic carbocycles. The maximum Gasteiger partial charge on any atom is 0.324 e. The second-order valence-electron chi connectivity index (χ2n) is 6.30. The second kappa shape index (κ2) is 6.97. The van der Waals surface area contributed by atoms with Crippen molar-refractivity contribution >= 4 is 6.01 Å². The van der Waals surface area contributed by atoms with E-state index in [2.05, 4.69) is 45.4 Å². The molecule has 0 aliphatic carbocycles. The highest BCUT2D eigenvalue weighted by atomic mass is 16.5. The lowest BCUT2D eigenvalue weighted by atomic mass is 9.90. The first-order chi connectivity index (χ1) is 12.3. The molecule has 0 saturated carbocycles. The van der Waals surface area contributed by atoms with Crippen LogP contribution in [0.3, 0.4) is 0 Å². The standard InChI is InChI=1S/C20H21N3O2/c1-24-18-9-7-17(8-10-18)19-21-20(25-22-19)23-13-11-16(12-14-23)15-5-3-2-4-6-15/h2-10,16H,11-14H2,1H3. The van der Waals surface area contributed by atoms with Crippen molar-refractivity contribution in [2.45, 2.75) is 18.8 Å². The molecule has 1 aliphatic heterocycles. The largest absolute Gasteiger partial charge is 0.497 e. The van der Waals surface area contributed by atoms with Crippen LogP contribution in [0.5, 0.6) is 5.75 Å². The number of hydrogen-bond donors (Lipinski definition) is 0. The van der Waals surface area contributed by atoms with Gasteiger partial charge in [-0.05, 0) is 48.6 Å². The van der Waals surface area contributed by atoms with Crippen LogP contribution in [0, 0.1) is 0 Å². The van der Waals surface area contributed by atoms with Crippen molar-refractivity contribution in [2.24, 2.45) is 0 Å². The minimum Gasteiger partial charge on any atom is -0.497 e. The van der Waals surface area contributed by atoms with Gasteiger partial charge in [-0.2, -0.15) is 4.98 Å². The highest BCUT2D eigenvalue weighted by molar-refractivity contribution is 5.57. The monoisotopic (exact) mass is 335 g/mol. The highest BCUT2D eigenvalue weighted by Crippen LogP contribution is 2.30. The first-order valence-electron chi connectivity index (χ1n) is 8.61. The Balaban J connectivity index is 1.43. The predicted octanol–water partition coefficient (Wildman–Crippen LogP) is 4.13. The van der Waals surface area contributed by atoms with E-state index in [4.69, 9.17) is 9.26 Å². The van der Waals surface area contributed by atoms with Crippen molar-refractivity contribution in [1.82, 2.24) is 10.1 Å². The summed E-state index contributed by atoms with van der Waals surface area (Å²) in [6.07, 6.45) is 2.20. The van der Waals surface area contributed by atoms with E-state index < -0.39 is 0 Å². The van der Waals surface area contributed by atoms with Crippen LogP contribution < -0.4 is 9.64 Å². The van der Waals surface area contributed by atoms with Crippen LogP contribution in [0.4, 0.5) is 6.01 Å². The molecule has 0 N–H and O–H groups in total. The summed E-state index contributed by atoms with van der Waals surface area (Å²) < 4.78 is 10.7. The molecule has 2 heterocycles. The van der Waals surface area contributed by atoms with E-state index in [0.29, 0.717) is 17.8 Å². The van der Waals surface area contributed by atoms with Crippen LogP contribution in [0.1, 0.15) is 24.3 Å². The Bertz CT molecular complexity index is 806. The molecule has 0 unspecified atom stereocenters. The molecule has 5 nitrogen and oxygen atoms in total. The fourth-order valence-corrected chi connectivity index (χ4v) is 3.33.